The predicted molar refractivity (Wildman–Crippen MR) is 92.8 cm³/mol. The molecule has 0 spiro atoms. The fraction of sp³-hybridized carbons (Fsp3) is 0.700. The topological polar surface area (TPSA) is 20.2 Å². The van der Waals surface area contributed by atoms with Gasteiger partial charge in [-0.15, -0.1) is 0 Å². The first-order chi connectivity index (χ1) is 10.1. The van der Waals surface area contributed by atoms with Crippen molar-refractivity contribution in [2.75, 3.05) is 0 Å². The summed E-state index contributed by atoms with van der Waals surface area (Å²) in [5, 5.41) is 10.2. The van der Waals surface area contributed by atoms with Gasteiger partial charge in [0.25, 0.3) is 0 Å². The monoisotopic (exact) mass is 290 g/mol. The van der Waals surface area contributed by atoms with Crippen molar-refractivity contribution >= 4 is 0 Å². The third-order valence-electron chi connectivity index (χ3n) is 4.51. The number of benzene rings is 1. The molecule has 0 aromatic heterocycles. The van der Waals surface area contributed by atoms with E-state index in [4.69, 9.17) is 0 Å². The molecule has 1 rings (SSSR count). The second-order valence-electron chi connectivity index (χ2n) is 6.98. The van der Waals surface area contributed by atoms with Crippen LogP contribution in [-0.4, -0.2) is 5.11 Å². The lowest BCUT2D eigenvalue weighted by atomic mass is 9.78. The van der Waals surface area contributed by atoms with Crippen molar-refractivity contribution in [1.29, 1.82) is 0 Å². The van der Waals surface area contributed by atoms with Crippen LogP contribution in [0.25, 0.3) is 0 Å². The second kappa shape index (κ2) is 9.87. The Kier molecular flexibility index (Phi) is 8.49. The van der Waals surface area contributed by atoms with E-state index in [9.17, 15) is 5.11 Å². The summed E-state index contributed by atoms with van der Waals surface area (Å²) in [5.74, 6) is 2.26. The van der Waals surface area contributed by atoms with Crippen molar-refractivity contribution in [2.45, 2.75) is 78.6 Å². The number of hydrogen-bond acceptors (Lipinski definition) is 1. The molecular formula is C20H34O. The maximum absolute atomic E-state index is 10.2. The lowest BCUT2D eigenvalue weighted by molar-refractivity contribution is 0.344. The maximum atomic E-state index is 10.2. The normalized spacial score (nSPS) is 14.3. The van der Waals surface area contributed by atoms with E-state index in [1.54, 1.807) is 0 Å². The van der Waals surface area contributed by atoms with Crippen LogP contribution in [0.5, 0.6) is 5.75 Å². The molecule has 2 unspecified atom stereocenters. The van der Waals surface area contributed by atoms with Crippen molar-refractivity contribution in [3.05, 3.63) is 29.8 Å². The largest absolute Gasteiger partial charge is 0.508 e. The minimum Gasteiger partial charge on any atom is -0.508 e. The Bertz CT molecular complexity index is 383. The van der Waals surface area contributed by atoms with Crippen molar-refractivity contribution in [1.82, 2.24) is 0 Å². The fourth-order valence-electron chi connectivity index (χ4n) is 3.25. The molecule has 0 fully saturated rings. The van der Waals surface area contributed by atoms with Gasteiger partial charge in [-0.2, -0.15) is 0 Å². The number of hydrogen-bond donors (Lipinski definition) is 1. The summed E-state index contributed by atoms with van der Waals surface area (Å²) in [5.41, 5.74) is 1.15. The summed E-state index contributed by atoms with van der Waals surface area (Å²) in [4.78, 5) is 0. The van der Waals surface area contributed by atoms with Crippen LogP contribution in [0, 0.1) is 11.8 Å². The predicted octanol–water partition coefficient (Wildman–Crippen LogP) is 6.52. The molecule has 1 aromatic carbocycles. The highest BCUT2D eigenvalue weighted by Gasteiger charge is 2.22. The molecule has 0 heterocycles. The van der Waals surface area contributed by atoms with E-state index >= 15 is 0 Å². The van der Waals surface area contributed by atoms with Crippen molar-refractivity contribution in [2.24, 2.45) is 11.8 Å². The number of phenols is 1. The Morgan fingerprint density at radius 1 is 0.952 bits per heavy atom. The number of rotatable bonds is 10. The average Bonchev–Trinajstić information content (AvgIpc) is 2.45. The summed E-state index contributed by atoms with van der Waals surface area (Å²) < 4.78 is 0. The van der Waals surface area contributed by atoms with Crippen LogP contribution < -0.4 is 0 Å². The number of phenolic OH excluding ortho intramolecular Hbond substituents is 1. The molecule has 0 aliphatic carbocycles. The van der Waals surface area contributed by atoms with Gasteiger partial charge in [-0.1, -0.05) is 84.4 Å². The van der Waals surface area contributed by atoms with E-state index in [1.807, 2.05) is 12.1 Å². The Morgan fingerprint density at radius 2 is 1.62 bits per heavy atom. The van der Waals surface area contributed by atoms with E-state index in [0.29, 0.717) is 23.5 Å². The molecule has 0 aliphatic rings. The van der Waals surface area contributed by atoms with E-state index in [0.717, 1.165) is 12.0 Å². The second-order valence-corrected chi connectivity index (χ2v) is 6.98. The van der Waals surface area contributed by atoms with Crippen LogP contribution in [0.1, 0.15) is 84.1 Å². The Balaban J connectivity index is 2.62. The van der Waals surface area contributed by atoms with Crippen molar-refractivity contribution in [3.8, 4) is 5.75 Å². The molecule has 0 bridgehead atoms. The van der Waals surface area contributed by atoms with Gasteiger partial charge in [0.1, 0.15) is 5.75 Å². The Labute approximate surface area is 131 Å². The summed E-state index contributed by atoms with van der Waals surface area (Å²) >= 11 is 0. The highest BCUT2D eigenvalue weighted by Crippen LogP contribution is 2.38. The van der Waals surface area contributed by atoms with Crippen LogP contribution in [0.15, 0.2) is 24.3 Å². The van der Waals surface area contributed by atoms with Gasteiger partial charge in [0, 0.05) is 0 Å². The third kappa shape index (κ3) is 6.54. The molecule has 0 saturated heterocycles. The molecule has 1 N–H and O–H groups in total. The molecule has 21 heavy (non-hydrogen) atoms. The van der Waals surface area contributed by atoms with Crippen LogP contribution in [0.2, 0.25) is 0 Å². The van der Waals surface area contributed by atoms with E-state index in [-0.39, 0.29) is 0 Å². The van der Waals surface area contributed by atoms with Crippen LogP contribution >= 0.6 is 0 Å². The summed E-state index contributed by atoms with van der Waals surface area (Å²) in [6.07, 6.45) is 9.15. The zero-order valence-corrected chi connectivity index (χ0v) is 14.4. The van der Waals surface area contributed by atoms with E-state index in [1.165, 1.54) is 38.5 Å². The first kappa shape index (κ1) is 18.1. The van der Waals surface area contributed by atoms with Crippen LogP contribution in [-0.2, 0) is 0 Å². The fourth-order valence-corrected chi connectivity index (χ4v) is 3.25. The van der Waals surface area contributed by atoms with E-state index in [2.05, 4.69) is 39.8 Å². The molecule has 1 heteroatoms. The minimum absolute atomic E-state index is 0.473. The van der Waals surface area contributed by atoms with Gasteiger partial charge in [0.15, 0.2) is 0 Å². The van der Waals surface area contributed by atoms with Gasteiger partial charge < -0.3 is 5.11 Å². The lowest BCUT2D eigenvalue weighted by Crippen LogP contribution is -2.13. The molecule has 120 valence electrons. The van der Waals surface area contributed by atoms with Crippen LogP contribution in [0.4, 0.5) is 0 Å². The first-order valence-corrected chi connectivity index (χ1v) is 8.84. The van der Waals surface area contributed by atoms with Gasteiger partial charge in [-0.25, -0.2) is 0 Å². The average molecular weight is 290 g/mol. The molecule has 0 saturated carbocycles. The smallest absolute Gasteiger partial charge is 0.119 e. The van der Waals surface area contributed by atoms with Gasteiger partial charge in [0.05, 0.1) is 0 Å². The molecule has 2 atom stereocenters. The van der Waals surface area contributed by atoms with Gasteiger partial charge in [0.2, 0.25) is 0 Å². The van der Waals surface area contributed by atoms with Crippen molar-refractivity contribution in [3.63, 3.8) is 0 Å². The third-order valence-corrected chi connectivity index (χ3v) is 4.51. The molecular weight excluding hydrogens is 256 g/mol. The van der Waals surface area contributed by atoms with Gasteiger partial charge in [-0.05, 0) is 35.8 Å². The minimum atomic E-state index is 0.473. The molecule has 1 aromatic rings. The van der Waals surface area contributed by atoms with Gasteiger partial charge >= 0.3 is 0 Å². The summed E-state index contributed by atoms with van der Waals surface area (Å²) in [7, 11) is 0. The SMILES string of the molecule is CCCCCCCC(C)C(CC(C)C)c1ccccc1O. The summed E-state index contributed by atoms with van der Waals surface area (Å²) in [6, 6.07) is 7.91. The molecule has 0 amide bonds. The number of aromatic hydroxyl groups is 1. The maximum Gasteiger partial charge on any atom is 0.119 e. The highest BCUT2D eigenvalue weighted by atomic mass is 16.3. The zero-order valence-electron chi connectivity index (χ0n) is 14.4. The first-order valence-electron chi connectivity index (χ1n) is 8.84. The van der Waals surface area contributed by atoms with Crippen molar-refractivity contribution < 1.29 is 5.11 Å². The quantitative estimate of drug-likeness (QED) is 0.486. The van der Waals surface area contributed by atoms with E-state index < -0.39 is 0 Å². The standard InChI is InChI=1S/C20H34O/c1-5-6-7-8-9-12-17(4)19(15-16(2)3)18-13-10-11-14-20(18)21/h10-11,13-14,16-17,19,21H,5-9,12,15H2,1-4H3. The molecule has 1 nitrogen and oxygen atoms in total. The van der Waals surface area contributed by atoms with Gasteiger partial charge in [-0.3, -0.25) is 0 Å². The lowest BCUT2D eigenvalue weighted by Gasteiger charge is -2.27. The Hall–Kier alpha value is -0.980. The van der Waals surface area contributed by atoms with Crippen LogP contribution in [0.3, 0.4) is 0 Å². The number of para-hydroxylation sites is 1. The summed E-state index contributed by atoms with van der Waals surface area (Å²) in [6.45, 7) is 9.18. The highest BCUT2D eigenvalue weighted by molar-refractivity contribution is 5.35. The zero-order chi connectivity index (χ0) is 15.7. The molecule has 0 aliphatic heterocycles. The Morgan fingerprint density at radius 3 is 2.24 bits per heavy atom. The molecule has 0 radical (unpaired) electrons. The number of unbranched alkanes of at least 4 members (excludes halogenated alkanes) is 4.